The first-order chi connectivity index (χ1) is 5.22. The Morgan fingerprint density at radius 3 is 2.18 bits per heavy atom. The first kappa shape index (κ1) is 9.95. The summed E-state index contributed by atoms with van der Waals surface area (Å²) in [5.74, 6) is 0.113. The Bertz CT molecular complexity index is 225. The number of rotatable bonds is 1. The maximum absolute atomic E-state index is 10.7. The summed E-state index contributed by atoms with van der Waals surface area (Å²) in [6.45, 7) is 5.56. The number of aromatic nitrogens is 1. The van der Waals surface area contributed by atoms with Gasteiger partial charge in [0.2, 0.25) is 0 Å². The third-order valence-corrected chi connectivity index (χ3v) is 1.30. The zero-order valence-electron chi connectivity index (χ0n) is 7.59. The Balaban J connectivity index is 0.000000461. The first-order valence-electron chi connectivity index (χ1n) is 3.84. The van der Waals surface area contributed by atoms with E-state index in [0.717, 1.165) is 5.69 Å². The van der Waals surface area contributed by atoms with Crippen LogP contribution in [-0.2, 0) is 7.05 Å². The highest BCUT2D eigenvalue weighted by molar-refractivity contribution is 5.92. The predicted molar refractivity (Wildman–Crippen MR) is 46.8 cm³/mol. The fraction of sp³-hybridized carbons (Fsp3) is 0.444. The average molecular weight is 153 g/mol. The van der Waals surface area contributed by atoms with Gasteiger partial charge in [-0.1, -0.05) is 13.8 Å². The number of aryl methyl sites for hydroxylation is 1. The first-order valence-corrected chi connectivity index (χ1v) is 3.84. The van der Waals surface area contributed by atoms with E-state index in [0.29, 0.717) is 0 Å². The number of nitrogens with zero attached hydrogens (tertiary/aromatic N) is 1. The molecule has 1 aromatic rings. The standard InChI is InChI=1S/C7H9NO.C2H6/c1-6(9)7-4-3-5-8(7)2;1-2/h3-5H,1-2H3;1-2H3. The number of Topliss-reactive ketones (excluding diaryl/α,β-unsaturated/α-hetero) is 1. The molecule has 11 heavy (non-hydrogen) atoms. The Labute approximate surface area is 67.8 Å². The molecule has 0 atom stereocenters. The zero-order valence-corrected chi connectivity index (χ0v) is 7.59. The van der Waals surface area contributed by atoms with Crippen LogP contribution in [0, 0.1) is 0 Å². The van der Waals surface area contributed by atoms with Gasteiger partial charge < -0.3 is 4.57 Å². The third kappa shape index (κ3) is 2.58. The highest BCUT2D eigenvalue weighted by atomic mass is 16.1. The van der Waals surface area contributed by atoms with Crippen molar-refractivity contribution in [2.45, 2.75) is 20.8 Å². The topological polar surface area (TPSA) is 22.0 Å². The fourth-order valence-corrected chi connectivity index (χ4v) is 0.827. The van der Waals surface area contributed by atoms with Crippen molar-refractivity contribution in [2.24, 2.45) is 7.05 Å². The lowest BCUT2D eigenvalue weighted by Crippen LogP contribution is -1.99. The number of ketones is 1. The normalized spacial score (nSPS) is 8.36. The van der Waals surface area contributed by atoms with Gasteiger partial charge in [0.05, 0.1) is 5.69 Å². The van der Waals surface area contributed by atoms with Crippen molar-refractivity contribution in [3.63, 3.8) is 0 Å². The van der Waals surface area contributed by atoms with Crippen LogP contribution in [-0.4, -0.2) is 10.4 Å². The van der Waals surface area contributed by atoms with Gasteiger partial charge in [-0.2, -0.15) is 0 Å². The van der Waals surface area contributed by atoms with Crippen molar-refractivity contribution in [1.82, 2.24) is 4.57 Å². The zero-order chi connectivity index (χ0) is 8.85. The van der Waals surface area contributed by atoms with Gasteiger partial charge in [0.25, 0.3) is 0 Å². The number of carbonyl (C=O) groups is 1. The largest absolute Gasteiger partial charge is 0.348 e. The van der Waals surface area contributed by atoms with Gasteiger partial charge in [-0.15, -0.1) is 0 Å². The molecule has 0 spiro atoms. The minimum absolute atomic E-state index is 0.113. The molecule has 0 bridgehead atoms. The maximum Gasteiger partial charge on any atom is 0.176 e. The summed E-state index contributed by atoms with van der Waals surface area (Å²) in [5, 5.41) is 0. The fourth-order valence-electron chi connectivity index (χ4n) is 0.827. The van der Waals surface area contributed by atoms with E-state index in [1.54, 1.807) is 6.92 Å². The molecule has 1 rings (SSSR count). The van der Waals surface area contributed by atoms with Crippen LogP contribution >= 0.6 is 0 Å². The molecule has 0 aliphatic rings. The molecule has 0 saturated heterocycles. The van der Waals surface area contributed by atoms with Crippen molar-refractivity contribution < 1.29 is 4.79 Å². The molecule has 0 aliphatic carbocycles. The monoisotopic (exact) mass is 153 g/mol. The van der Waals surface area contributed by atoms with Crippen molar-refractivity contribution in [1.29, 1.82) is 0 Å². The number of hydrogen-bond donors (Lipinski definition) is 0. The number of hydrogen-bond acceptors (Lipinski definition) is 1. The maximum atomic E-state index is 10.7. The molecule has 2 nitrogen and oxygen atoms in total. The van der Waals surface area contributed by atoms with E-state index in [-0.39, 0.29) is 5.78 Å². The van der Waals surface area contributed by atoms with E-state index in [2.05, 4.69) is 0 Å². The van der Waals surface area contributed by atoms with Gasteiger partial charge in [-0.3, -0.25) is 4.79 Å². The smallest absolute Gasteiger partial charge is 0.176 e. The molecule has 2 heteroatoms. The lowest BCUT2D eigenvalue weighted by molar-refractivity contribution is 0.101. The predicted octanol–water partition coefficient (Wildman–Crippen LogP) is 2.25. The summed E-state index contributed by atoms with van der Waals surface area (Å²) in [6.07, 6.45) is 1.86. The van der Waals surface area contributed by atoms with Crippen LogP contribution in [0.3, 0.4) is 0 Å². The minimum Gasteiger partial charge on any atom is -0.348 e. The second-order valence-electron chi connectivity index (χ2n) is 2.06. The van der Waals surface area contributed by atoms with Crippen molar-refractivity contribution in [3.8, 4) is 0 Å². The molecule has 0 aromatic carbocycles. The van der Waals surface area contributed by atoms with Crippen LogP contribution in [0.4, 0.5) is 0 Å². The molecule has 62 valence electrons. The average Bonchev–Trinajstić information content (AvgIpc) is 2.39. The lowest BCUT2D eigenvalue weighted by atomic mass is 10.3. The summed E-state index contributed by atoms with van der Waals surface area (Å²) in [5.41, 5.74) is 0.759. The summed E-state index contributed by atoms with van der Waals surface area (Å²) < 4.78 is 1.81. The Morgan fingerprint density at radius 1 is 1.45 bits per heavy atom. The van der Waals surface area contributed by atoms with Crippen LogP contribution in [0.15, 0.2) is 18.3 Å². The molecule has 0 radical (unpaired) electrons. The molecule has 1 heterocycles. The van der Waals surface area contributed by atoms with Crippen LogP contribution in [0.25, 0.3) is 0 Å². The summed E-state index contributed by atoms with van der Waals surface area (Å²) >= 11 is 0. The molecule has 0 fully saturated rings. The molecular weight excluding hydrogens is 138 g/mol. The van der Waals surface area contributed by atoms with Crippen LogP contribution in [0.2, 0.25) is 0 Å². The van der Waals surface area contributed by atoms with Crippen molar-refractivity contribution >= 4 is 5.78 Å². The molecule has 0 N–H and O–H groups in total. The van der Waals surface area contributed by atoms with Crippen LogP contribution in [0.5, 0.6) is 0 Å². The Kier molecular flexibility index (Phi) is 4.27. The highest BCUT2D eigenvalue weighted by Crippen LogP contribution is 1.98. The second kappa shape index (κ2) is 4.72. The van der Waals surface area contributed by atoms with Crippen molar-refractivity contribution in [3.05, 3.63) is 24.0 Å². The highest BCUT2D eigenvalue weighted by Gasteiger charge is 1.99. The lowest BCUT2D eigenvalue weighted by Gasteiger charge is -1.94. The van der Waals surface area contributed by atoms with Crippen LogP contribution < -0.4 is 0 Å². The van der Waals surface area contributed by atoms with E-state index in [4.69, 9.17) is 0 Å². The Hall–Kier alpha value is -1.05. The van der Waals surface area contributed by atoms with E-state index in [9.17, 15) is 4.79 Å². The van der Waals surface area contributed by atoms with Gasteiger partial charge in [0.15, 0.2) is 5.78 Å². The molecular formula is C9H15NO. The van der Waals surface area contributed by atoms with Gasteiger partial charge in [0, 0.05) is 20.2 Å². The van der Waals surface area contributed by atoms with Gasteiger partial charge >= 0.3 is 0 Å². The van der Waals surface area contributed by atoms with E-state index in [1.807, 2.05) is 43.8 Å². The molecule has 0 aliphatic heterocycles. The molecule has 0 unspecified atom stereocenters. The minimum atomic E-state index is 0.113. The van der Waals surface area contributed by atoms with Gasteiger partial charge in [-0.25, -0.2) is 0 Å². The SMILES string of the molecule is CC.CC(=O)c1cccn1C. The van der Waals surface area contributed by atoms with Crippen molar-refractivity contribution in [2.75, 3.05) is 0 Å². The molecule has 1 aromatic heterocycles. The van der Waals surface area contributed by atoms with Crippen LogP contribution in [0.1, 0.15) is 31.3 Å². The summed E-state index contributed by atoms with van der Waals surface area (Å²) in [6, 6.07) is 3.67. The summed E-state index contributed by atoms with van der Waals surface area (Å²) in [7, 11) is 1.86. The third-order valence-electron chi connectivity index (χ3n) is 1.30. The summed E-state index contributed by atoms with van der Waals surface area (Å²) in [4.78, 5) is 10.7. The van der Waals surface area contributed by atoms with Gasteiger partial charge in [-0.05, 0) is 12.1 Å². The van der Waals surface area contributed by atoms with E-state index < -0.39 is 0 Å². The number of carbonyl (C=O) groups excluding carboxylic acids is 1. The molecule has 0 saturated carbocycles. The van der Waals surface area contributed by atoms with Gasteiger partial charge in [0.1, 0.15) is 0 Å². The van der Waals surface area contributed by atoms with E-state index >= 15 is 0 Å². The quantitative estimate of drug-likeness (QED) is 0.567. The Morgan fingerprint density at radius 2 is 2.00 bits per heavy atom. The molecule has 0 amide bonds. The second-order valence-corrected chi connectivity index (χ2v) is 2.06. The van der Waals surface area contributed by atoms with E-state index in [1.165, 1.54) is 0 Å².